The lowest BCUT2D eigenvalue weighted by Crippen LogP contribution is -2.37. The van der Waals surface area contributed by atoms with Crippen LogP contribution < -0.4 is 24.3 Å². The lowest BCUT2D eigenvalue weighted by molar-refractivity contribution is -0.156. The maximum absolute atomic E-state index is 15.8. The predicted molar refractivity (Wildman–Crippen MR) is 204 cm³/mol. The zero-order valence-electron chi connectivity index (χ0n) is 34.8. The lowest BCUT2D eigenvalue weighted by Gasteiger charge is -2.21. The maximum Gasteiger partial charge on any atom is 0.407 e. The van der Waals surface area contributed by atoms with E-state index in [-0.39, 0.29) is 124 Å². The van der Waals surface area contributed by atoms with Crippen molar-refractivity contribution in [3.8, 4) is 23.0 Å². The van der Waals surface area contributed by atoms with Crippen LogP contribution in [0.5, 0.6) is 23.0 Å². The van der Waals surface area contributed by atoms with Crippen LogP contribution in [0.3, 0.4) is 0 Å². The number of methoxy groups -OCH3 is 2. The van der Waals surface area contributed by atoms with Crippen molar-refractivity contribution in [2.24, 2.45) is 0 Å². The van der Waals surface area contributed by atoms with Gasteiger partial charge in [-0.15, -0.1) is 0 Å². The average molecular weight is 820 g/mol. The second-order valence-corrected chi connectivity index (χ2v) is 16.0. The van der Waals surface area contributed by atoms with Crippen molar-refractivity contribution in [3.05, 3.63) is 46.0 Å². The lowest BCUT2D eigenvalue weighted by atomic mass is 10.1. The summed E-state index contributed by atoms with van der Waals surface area (Å²) in [5.41, 5.74) is 0.297. The van der Waals surface area contributed by atoms with Gasteiger partial charge in [0.15, 0.2) is 34.6 Å². The van der Waals surface area contributed by atoms with E-state index in [0.717, 1.165) is 0 Å². The van der Waals surface area contributed by atoms with Gasteiger partial charge in [0.2, 0.25) is 11.8 Å². The van der Waals surface area contributed by atoms with Crippen LogP contribution in [0.1, 0.15) is 103 Å². The minimum atomic E-state index is -0.687. The Labute approximate surface area is 337 Å². The number of carbonyl (C=O) groups excluding carboxylic acids is 5. The molecule has 0 radical (unpaired) electrons. The van der Waals surface area contributed by atoms with Crippen LogP contribution in [0.2, 0.25) is 0 Å². The summed E-state index contributed by atoms with van der Waals surface area (Å²) in [6.45, 7) is 12.2. The molecule has 320 valence electrons. The van der Waals surface area contributed by atoms with Gasteiger partial charge < -0.3 is 48.3 Å². The zero-order valence-corrected chi connectivity index (χ0v) is 34.8. The highest BCUT2D eigenvalue weighted by molar-refractivity contribution is 5.83. The molecule has 2 aromatic rings. The number of esters is 2. The summed E-state index contributed by atoms with van der Waals surface area (Å²) >= 11 is 0. The molecule has 0 saturated carbocycles. The quantitative estimate of drug-likeness (QED) is 0.115. The standard InChI is InChI=1S/C41H55F2N3O12/c1-24(19-44-39(51)58-41(5,6)7)56-33(49)13-11-31(47)45-20-25-17-29(52-8)37(35(42)27(25)22-45)54-15-10-16-55-38-30(53-9)18-26-21-46(23-28(26)36(38)43)32(48)12-14-34(50)57-40(2,3)4/h17-18,24H,10-16,19-23H2,1-9H3,(H,44,51)/t24-/m0/s1. The molecule has 4 rings (SSSR count). The molecule has 2 heterocycles. The number of alkyl carbamates (subject to hydrolysis) is 1. The number of rotatable bonds is 17. The van der Waals surface area contributed by atoms with Gasteiger partial charge in [0.05, 0.1) is 46.8 Å². The first-order valence-corrected chi connectivity index (χ1v) is 19.1. The van der Waals surface area contributed by atoms with E-state index in [9.17, 15) is 24.0 Å². The maximum atomic E-state index is 15.8. The summed E-state index contributed by atoms with van der Waals surface area (Å²) in [5.74, 6) is -3.17. The van der Waals surface area contributed by atoms with Crippen LogP contribution in [0.15, 0.2) is 12.1 Å². The molecule has 1 atom stereocenters. The predicted octanol–water partition coefficient (Wildman–Crippen LogP) is 5.87. The van der Waals surface area contributed by atoms with Gasteiger partial charge in [0, 0.05) is 56.6 Å². The number of ether oxygens (including phenoxy) is 7. The number of nitrogens with zero attached hydrogens (tertiary/aromatic N) is 2. The van der Waals surface area contributed by atoms with Crippen molar-refractivity contribution in [1.29, 1.82) is 0 Å². The van der Waals surface area contributed by atoms with E-state index in [0.29, 0.717) is 11.1 Å². The minimum Gasteiger partial charge on any atom is -0.493 e. The van der Waals surface area contributed by atoms with Crippen molar-refractivity contribution in [2.45, 2.75) is 124 Å². The Morgan fingerprint density at radius 2 is 1.14 bits per heavy atom. The Hall–Kier alpha value is -5.35. The number of amides is 3. The molecule has 0 aliphatic carbocycles. The molecule has 0 saturated heterocycles. The third-order valence-electron chi connectivity index (χ3n) is 8.88. The number of nitrogens with one attached hydrogen (secondary N) is 1. The Morgan fingerprint density at radius 1 is 0.690 bits per heavy atom. The topological polar surface area (TPSA) is 168 Å². The van der Waals surface area contributed by atoms with E-state index in [1.165, 1.54) is 24.0 Å². The molecule has 0 aromatic heterocycles. The fourth-order valence-electron chi connectivity index (χ4n) is 6.25. The fourth-order valence-corrected chi connectivity index (χ4v) is 6.25. The Kier molecular flexibility index (Phi) is 15.2. The van der Waals surface area contributed by atoms with Gasteiger partial charge in [-0.05, 0) is 71.7 Å². The number of hydrogen-bond donors (Lipinski definition) is 1. The molecule has 0 bridgehead atoms. The molecule has 3 amide bonds. The monoisotopic (exact) mass is 819 g/mol. The highest BCUT2D eigenvalue weighted by Gasteiger charge is 2.32. The van der Waals surface area contributed by atoms with Crippen molar-refractivity contribution >= 4 is 29.8 Å². The fraction of sp³-hybridized carbons (Fsp3) is 0.585. The third-order valence-corrected chi connectivity index (χ3v) is 8.88. The van der Waals surface area contributed by atoms with E-state index >= 15 is 8.78 Å². The summed E-state index contributed by atoms with van der Waals surface area (Å²) in [5, 5.41) is 2.52. The van der Waals surface area contributed by atoms with Gasteiger partial charge in [0.25, 0.3) is 0 Å². The largest absolute Gasteiger partial charge is 0.493 e. The number of fused-ring (bicyclic) bond motifs is 2. The molecular weight excluding hydrogens is 764 g/mol. The Balaban J connectivity index is 1.26. The van der Waals surface area contributed by atoms with Crippen LogP contribution in [0.25, 0.3) is 0 Å². The summed E-state index contributed by atoms with van der Waals surface area (Å²) < 4.78 is 69.6. The molecule has 0 spiro atoms. The summed E-state index contributed by atoms with van der Waals surface area (Å²) in [6, 6.07) is 3.22. The first-order chi connectivity index (χ1) is 27.2. The first-order valence-electron chi connectivity index (χ1n) is 19.1. The first kappa shape index (κ1) is 45.4. The van der Waals surface area contributed by atoms with Gasteiger partial charge in [-0.1, -0.05) is 0 Å². The number of halogens is 2. The normalized spacial score (nSPS) is 13.9. The number of hydrogen-bond acceptors (Lipinski definition) is 12. The van der Waals surface area contributed by atoms with Gasteiger partial charge in [-0.3, -0.25) is 19.2 Å². The summed E-state index contributed by atoms with van der Waals surface area (Å²) in [4.78, 5) is 65.0. The summed E-state index contributed by atoms with van der Waals surface area (Å²) in [7, 11) is 2.74. The average Bonchev–Trinajstić information content (AvgIpc) is 3.77. The van der Waals surface area contributed by atoms with Crippen molar-refractivity contribution in [3.63, 3.8) is 0 Å². The van der Waals surface area contributed by atoms with E-state index < -0.39 is 47.0 Å². The van der Waals surface area contributed by atoms with Crippen molar-refractivity contribution in [2.75, 3.05) is 34.0 Å². The van der Waals surface area contributed by atoms with Crippen LogP contribution >= 0.6 is 0 Å². The van der Waals surface area contributed by atoms with E-state index in [4.69, 9.17) is 33.2 Å². The van der Waals surface area contributed by atoms with Crippen LogP contribution in [0, 0.1) is 11.6 Å². The molecule has 2 aromatic carbocycles. The van der Waals surface area contributed by atoms with Gasteiger partial charge in [-0.25, -0.2) is 13.6 Å². The SMILES string of the molecule is COc1cc2c(c(F)c1OCCCOc1c(OC)cc3c(c1F)CN(C(=O)CCC(=O)OC(C)(C)C)C3)CN(C(=O)CCC(=O)O[C@@H](C)CNC(=O)OC(C)(C)C)C2. The molecule has 58 heavy (non-hydrogen) atoms. The Bertz CT molecular complexity index is 1860. The highest BCUT2D eigenvalue weighted by Crippen LogP contribution is 2.40. The van der Waals surface area contributed by atoms with Gasteiger partial charge in [0.1, 0.15) is 17.3 Å². The zero-order chi connectivity index (χ0) is 42.9. The second-order valence-electron chi connectivity index (χ2n) is 16.0. The van der Waals surface area contributed by atoms with Crippen molar-refractivity contribution < 1.29 is 65.9 Å². The second kappa shape index (κ2) is 19.4. The van der Waals surface area contributed by atoms with E-state index in [1.807, 2.05) is 0 Å². The van der Waals surface area contributed by atoms with Crippen LogP contribution in [-0.4, -0.2) is 90.9 Å². The molecule has 17 heteroatoms. The van der Waals surface area contributed by atoms with E-state index in [2.05, 4.69) is 5.32 Å². The number of benzene rings is 2. The molecule has 0 fully saturated rings. The Morgan fingerprint density at radius 3 is 1.57 bits per heavy atom. The highest BCUT2D eigenvalue weighted by atomic mass is 19.1. The molecule has 2 aliphatic heterocycles. The molecule has 1 N–H and O–H groups in total. The molecule has 2 aliphatic rings. The molecule has 15 nitrogen and oxygen atoms in total. The van der Waals surface area contributed by atoms with E-state index in [1.54, 1.807) is 60.6 Å². The van der Waals surface area contributed by atoms with Gasteiger partial charge in [-0.2, -0.15) is 0 Å². The minimum absolute atomic E-state index is 0.000662. The van der Waals surface area contributed by atoms with Crippen molar-refractivity contribution in [1.82, 2.24) is 15.1 Å². The third kappa shape index (κ3) is 12.6. The molecule has 0 unspecified atom stereocenters. The molecular formula is C41H55F2N3O12. The van der Waals surface area contributed by atoms with Gasteiger partial charge >= 0.3 is 18.0 Å². The van der Waals surface area contributed by atoms with Crippen LogP contribution in [-0.2, 0) is 59.6 Å². The summed E-state index contributed by atoms with van der Waals surface area (Å²) in [6.07, 6.45) is -1.62. The van der Waals surface area contributed by atoms with Crippen LogP contribution in [0.4, 0.5) is 13.6 Å². The number of carbonyl (C=O) groups is 5. The smallest absolute Gasteiger partial charge is 0.407 e.